The van der Waals surface area contributed by atoms with Crippen LogP contribution in [-0.4, -0.2) is 9.97 Å². The molecule has 2 nitrogen and oxygen atoms in total. The largest absolute Gasteiger partial charge is 0.228 e. The molecule has 0 unspecified atom stereocenters. The van der Waals surface area contributed by atoms with E-state index in [1.54, 1.807) is 0 Å². The summed E-state index contributed by atoms with van der Waals surface area (Å²) >= 11 is 0. The molecule has 9 aromatic carbocycles. The molecule has 2 heteroatoms. The number of hydrogen-bond donors (Lipinski definition) is 0. The summed E-state index contributed by atoms with van der Waals surface area (Å²) in [6.45, 7) is 4.74. The van der Waals surface area contributed by atoms with Crippen LogP contribution < -0.4 is 0 Å². The van der Waals surface area contributed by atoms with Gasteiger partial charge in [-0.15, -0.1) is 0 Å². The highest BCUT2D eigenvalue weighted by atomic mass is 14.9. The molecule has 1 aliphatic carbocycles. The first-order chi connectivity index (χ1) is 29.0. The van der Waals surface area contributed by atoms with E-state index < -0.39 is 0 Å². The maximum absolute atomic E-state index is 5.34. The molecule has 0 bridgehead atoms. The molecule has 0 aliphatic heterocycles. The van der Waals surface area contributed by atoms with Crippen LogP contribution in [0.25, 0.3) is 100.0 Å². The molecule has 0 atom stereocenters. The Bertz CT molecular complexity index is 3220. The monoisotopic (exact) mass is 752 g/mol. The van der Waals surface area contributed by atoms with Gasteiger partial charge in [0.05, 0.1) is 11.4 Å². The van der Waals surface area contributed by atoms with Gasteiger partial charge in [-0.2, -0.15) is 0 Å². The van der Waals surface area contributed by atoms with E-state index in [4.69, 9.17) is 9.97 Å². The van der Waals surface area contributed by atoms with Crippen molar-refractivity contribution in [3.8, 4) is 78.4 Å². The normalized spacial score (nSPS) is 12.7. The molecule has 1 heterocycles. The summed E-state index contributed by atoms with van der Waals surface area (Å²) in [5, 5.41) is 4.97. The van der Waals surface area contributed by atoms with Gasteiger partial charge in [0, 0.05) is 22.1 Å². The lowest BCUT2D eigenvalue weighted by molar-refractivity contribution is 0.666. The van der Waals surface area contributed by atoms with E-state index in [2.05, 4.69) is 214 Å². The fourth-order valence-corrected chi connectivity index (χ4v) is 9.43. The number of aromatic nitrogens is 2. The van der Waals surface area contributed by atoms with Crippen LogP contribution in [0.15, 0.2) is 206 Å². The Balaban J connectivity index is 1.10. The molecular weight excluding hydrogens is 713 g/mol. The number of rotatable bonds is 6. The fraction of sp³-hybridized carbons (Fsp3) is 0.0526. The van der Waals surface area contributed by atoms with Crippen LogP contribution in [0.3, 0.4) is 0 Å². The molecule has 0 saturated heterocycles. The smallest absolute Gasteiger partial charge is 0.160 e. The van der Waals surface area contributed by atoms with E-state index in [-0.39, 0.29) is 5.41 Å². The van der Waals surface area contributed by atoms with Crippen molar-refractivity contribution in [2.45, 2.75) is 19.3 Å². The van der Waals surface area contributed by atoms with Crippen LogP contribution in [0.2, 0.25) is 0 Å². The van der Waals surface area contributed by atoms with Gasteiger partial charge in [0.2, 0.25) is 0 Å². The standard InChI is InChI=1S/C57H40N2/c1-57(2)52-33-28-42(35-50(52)49-30-26-39-20-12-13-23-45(39)55(49)57)44-31-32-48(47-25-15-14-24-46(44)47)53-36-54(59-56(58-53)40-21-10-5-11-22-40)51-34-41(37-16-6-3-7-17-37)27-29-43(51)38-18-8-4-9-19-38/h3-36H,1-2H3. The summed E-state index contributed by atoms with van der Waals surface area (Å²) in [5.74, 6) is 0.697. The van der Waals surface area contributed by atoms with Gasteiger partial charge in [0.25, 0.3) is 0 Å². The van der Waals surface area contributed by atoms with E-state index in [0.29, 0.717) is 5.82 Å². The Morgan fingerprint density at radius 3 is 1.58 bits per heavy atom. The van der Waals surface area contributed by atoms with Crippen LogP contribution in [0.1, 0.15) is 25.0 Å². The predicted octanol–water partition coefficient (Wildman–Crippen LogP) is 15.1. The zero-order chi connectivity index (χ0) is 39.5. The lowest BCUT2D eigenvalue weighted by Crippen LogP contribution is -2.15. The number of hydrogen-bond acceptors (Lipinski definition) is 2. The quantitative estimate of drug-likeness (QED) is 0.169. The van der Waals surface area contributed by atoms with Crippen LogP contribution in [-0.2, 0) is 5.41 Å². The van der Waals surface area contributed by atoms with Crippen molar-refractivity contribution >= 4 is 21.5 Å². The highest BCUT2D eigenvalue weighted by Crippen LogP contribution is 2.52. The highest BCUT2D eigenvalue weighted by molar-refractivity contribution is 6.06. The summed E-state index contributed by atoms with van der Waals surface area (Å²) < 4.78 is 0. The minimum Gasteiger partial charge on any atom is -0.228 e. The third-order valence-corrected chi connectivity index (χ3v) is 12.3. The van der Waals surface area contributed by atoms with Gasteiger partial charge in [0.1, 0.15) is 0 Å². The first-order valence-electron chi connectivity index (χ1n) is 20.4. The lowest BCUT2D eigenvalue weighted by Gasteiger charge is -2.23. The minimum atomic E-state index is -0.0991. The Morgan fingerprint density at radius 1 is 0.322 bits per heavy atom. The third-order valence-electron chi connectivity index (χ3n) is 12.3. The molecule has 0 radical (unpaired) electrons. The molecule has 10 aromatic rings. The minimum absolute atomic E-state index is 0.0991. The predicted molar refractivity (Wildman–Crippen MR) is 247 cm³/mol. The van der Waals surface area contributed by atoms with Crippen molar-refractivity contribution in [2.75, 3.05) is 0 Å². The Labute approximate surface area is 345 Å². The van der Waals surface area contributed by atoms with Gasteiger partial charge in [-0.1, -0.05) is 202 Å². The van der Waals surface area contributed by atoms with Crippen molar-refractivity contribution in [3.63, 3.8) is 0 Å². The van der Waals surface area contributed by atoms with E-state index in [0.717, 1.165) is 50.2 Å². The van der Waals surface area contributed by atoms with Gasteiger partial charge in [0.15, 0.2) is 5.82 Å². The summed E-state index contributed by atoms with van der Waals surface area (Å²) in [5.41, 5.74) is 17.2. The second kappa shape index (κ2) is 13.9. The van der Waals surface area contributed by atoms with E-state index >= 15 is 0 Å². The van der Waals surface area contributed by atoms with Crippen LogP contribution >= 0.6 is 0 Å². The van der Waals surface area contributed by atoms with Gasteiger partial charge in [-0.25, -0.2) is 9.97 Å². The molecule has 278 valence electrons. The summed E-state index contributed by atoms with van der Waals surface area (Å²) in [6.07, 6.45) is 0. The van der Waals surface area contributed by atoms with Crippen molar-refractivity contribution in [2.24, 2.45) is 0 Å². The van der Waals surface area contributed by atoms with E-state index in [9.17, 15) is 0 Å². The maximum Gasteiger partial charge on any atom is 0.160 e. The molecule has 0 N–H and O–H groups in total. The van der Waals surface area contributed by atoms with Gasteiger partial charge >= 0.3 is 0 Å². The van der Waals surface area contributed by atoms with Crippen molar-refractivity contribution in [3.05, 3.63) is 217 Å². The summed E-state index contributed by atoms with van der Waals surface area (Å²) in [7, 11) is 0. The van der Waals surface area contributed by atoms with Gasteiger partial charge < -0.3 is 0 Å². The van der Waals surface area contributed by atoms with Gasteiger partial charge in [-0.05, 0) is 95.4 Å². The zero-order valence-electron chi connectivity index (χ0n) is 33.0. The lowest BCUT2D eigenvalue weighted by atomic mass is 9.80. The number of fused-ring (bicyclic) bond motifs is 6. The maximum atomic E-state index is 5.34. The van der Waals surface area contributed by atoms with E-state index in [1.165, 1.54) is 55.1 Å². The molecule has 1 aromatic heterocycles. The first kappa shape index (κ1) is 34.8. The number of nitrogens with zero attached hydrogens (tertiary/aromatic N) is 2. The topological polar surface area (TPSA) is 25.8 Å². The third kappa shape index (κ3) is 5.87. The van der Waals surface area contributed by atoms with Crippen LogP contribution in [0, 0.1) is 0 Å². The Morgan fingerprint density at radius 2 is 0.847 bits per heavy atom. The number of benzene rings is 9. The Hall–Kier alpha value is -7.42. The van der Waals surface area contributed by atoms with Crippen molar-refractivity contribution in [1.82, 2.24) is 9.97 Å². The van der Waals surface area contributed by atoms with Crippen molar-refractivity contribution in [1.29, 1.82) is 0 Å². The second-order valence-corrected chi connectivity index (χ2v) is 16.1. The zero-order valence-corrected chi connectivity index (χ0v) is 33.0. The summed E-state index contributed by atoms with van der Waals surface area (Å²) in [6, 6.07) is 74.3. The van der Waals surface area contributed by atoms with Gasteiger partial charge in [-0.3, -0.25) is 0 Å². The molecule has 59 heavy (non-hydrogen) atoms. The molecular formula is C57H40N2. The SMILES string of the molecule is CC1(C)c2ccc(-c3ccc(-c4cc(-c5cc(-c6ccccc6)ccc5-c5ccccc5)nc(-c5ccccc5)n4)c4ccccc34)cc2-c2ccc3ccccc3c21. The first-order valence-corrected chi connectivity index (χ1v) is 20.4. The van der Waals surface area contributed by atoms with Crippen LogP contribution in [0.4, 0.5) is 0 Å². The fourth-order valence-electron chi connectivity index (χ4n) is 9.43. The van der Waals surface area contributed by atoms with Crippen molar-refractivity contribution < 1.29 is 0 Å². The molecule has 0 spiro atoms. The molecule has 0 saturated carbocycles. The summed E-state index contributed by atoms with van der Waals surface area (Å²) in [4.78, 5) is 10.7. The average Bonchev–Trinajstić information content (AvgIpc) is 3.54. The molecule has 0 amide bonds. The van der Waals surface area contributed by atoms with E-state index in [1.807, 2.05) is 6.07 Å². The molecule has 0 fully saturated rings. The van der Waals surface area contributed by atoms with Crippen LogP contribution in [0.5, 0.6) is 0 Å². The highest BCUT2D eigenvalue weighted by Gasteiger charge is 2.37. The molecule has 11 rings (SSSR count). The molecule has 1 aliphatic rings. The Kier molecular flexibility index (Phi) is 8.20. The second-order valence-electron chi connectivity index (χ2n) is 16.1. The average molecular weight is 753 g/mol.